The van der Waals surface area contributed by atoms with Crippen LogP contribution in [0.1, 0.15) is 5.69 Å². The molecule has 5 N–H and O–H groups in total. The minimum absolute atomic E-state index is 0.151. The zero-order valence-electron chi connectivity index (χ0n) is 23.7. The Morgan fingerprint density at radius 3 is 2.38 bits per heavy atom. The van der Waals surface area contributed by atoms with Crippen molar-refractivity contribution < 1.29 is 30.0 Å². The van der Waals surface area contributed by atoms with E-state index in [1.807, 2.05) is 29.8 Å². The number of nitriles is 1. The zero-order valence-corrected chi connectivity index (χ0v) is 23.7. The van der Waals surface area contributed by atoms with Crippen LogP contribution in [0.5, 0.6) is 0 Å². The van der Waals surface area contributed by atoms with Gasteiger partial charge in [0.05, 0.1) is 6.61 Å². The predicted octanol–water partition coefficient (Wildman–Crippen LogP) is 0.463. The molecule has 11 heteroatoms. The van der Waals surface area contributed by atoms with Crippen molar-refractivity contribution in [1.82, 2.24) is 14.8 Å². The van der Waals surface area contributed by atoms with Crippen molar-refractivity contribution in [3.63, 3.8) is 0 Å². The highest BCUT2D eigenvalue weighted by Gasteiger charge is 2.43. The molecule has 2 aromatic carbocycles. The summed E-state index contributed by atoms with van der Waals surface area (Å²) in [5, 5.41) is 54.0. The Balaban J connectivity index is 1.29. The van der Waals surface area contributed by atoms with Gasteiger partial charge in [-0.25, -0.2) is 0 Å². The van der Waals surface area contributed by atoms with Crippen molar-refractivity contribution in [3.05, 3.63) is 59.8 Å². The van der Waals surface area contributed by atoms with Gasteiger partial charge in [0.1, 0.15) is 42.2 Å². The molecule has 42 heavy (non-hydrogen) atoms. The van der Waals surface area contributed by atoms with Crippen molar-refractivity contribution in [2.24, 2.45) is 7.05 Å². The Morgan fingerprint density at radius 2 is 1.67 bits per heavy atom. The molecule has 0 radical (unpaired) electrons. The van der Waals surface area contributed by atoms with E-state index in [1.165, 1.54) is 11.8 Å². The number of amides is 1. The molecule has 1 unspecified atom stereocenters. The summed E-state index contributed by atoms with van der Waals surface area (Å²) in [6, 6.07) is 18.5. The van der Waals surface area contributed by atoms with Gasteiger partial charge in [-0.3, -0.25) is 4.79 Å². The molecule has 5 rings (SSSR count). The lowest BCUT2D eigenvalue weighted by molar-refractivity contribution is -0.227. The molecule has 0 saturated carbocycles. The van der Waals surface area contributed by atoms with Crippen LogP contribution in [0.4, 0.5) is 5.69 Å². The third kappa shape index (κ3) is 6.05. The number of anilines is 1. The number of fused-ring (bicyclic) bond motifs is 1. The highest BCUT2D eigenvalue weighted by Crippen LogP contribution is 2.29. The summed E-state index contributed by atoms with van der Waals surface area (Å²) in [6.07, 6.45) is -5.17. The molecule has 3 heterocycles. The number of hydrogen-bond donors (Lipinski definition) is 5. The summed E-state index contributed by atoms with van der Waals surface area (Å²) >= 11 is 0. The summed E-state index contributed by atoms with van der Waals surface area (Å²) in [4.78, 5) is 17.6. The second-order valence-electron chi connectivity index (χ2n) is 11.0. The number of likely N-dealkylation sites (N-methyl/N-ethyl adjacent to an activating group) is 1. The van der Waals surface area contributed by atoms with E-state index in [9.17, 15) is 30.5 Å². The minimum Gasteiger partial charge on any atom is -0.394 e. The van der Waals surface area contributed by atoms with Crippen LogP contribution in [0.15, 0.2) is 54.1 Å². The monoisotopic (exact) mass is 575 g/mol. The van der Waals surface area contributed by atoms with Gasteiger partial charge in [-0.2, -0.15) is 5.26 Å². The average molecular weight is 576 g/mol. The smallest absolute Gasteiger partial charge is 0.262 e. The first kappa shape index (κ1) is 29.7. The number of carbonyl (C=O) groups is 1. The van der Waals surface area contributed by atoms with Crippen LogP contribution in [-0.4, -0.2) is 113 Å². The maximum Gasteiger partial charge on any atom is 0.262 e. The number of aliphatic hydroxyl groups excluding tert-OH is 4. The molecule has 1 amide bonds. The van der Waals surface area contributed by atoms with Gasteiger partial charge in [0.25, 0.3) is 5.91 Å². The standard InChI is InChI=1S/C31H37N5O6/c1-34-9-11-36(12-10-34)24-6-5-19-13-21(4-3-20(19)14-24)25-8-7-23(35(25)2)15-22(16-32)31(41)33-17-26-28(38)30(40)29(39)27(18-37)42-26/h3-8,13-15,26-30,37-40H,9-12,17-18H2,1-2H3,(H,33,41)/b22-15+/t26-,27?,28-,29+,30+/m1/s1. The van der Waals surface area contributed by atoms with Crippen molar-refractivity contribution >= 4 is 28.4 Å². The van der Waals surface area contributed by atoms with Gasteiger partial charge in [-0.05, 0) is 59.8 Å². The summed E-state index contributed by atoms with van der Waals surface area (Å²) in [7, 11) is 4.01. The maximum absolute atomic E-state index is 12.8. The van der Waals surface area contributed by atoms with Crippen molar-refractivity contribution in [1.29, 1.82) is 5.26 Å². The third-order valence-electron chi connectivity index (χ3n) is 8.26. The number of benzene rings is 2. The average Bonchev–Trinajstić information content (AvgIpc) is 3.37. The number of carbonyl (C=O) groups excluding carboxylic acids is 1. The van der Waals surface area contributed by atoms with Crippen molar-refractivity contribution in [2.45, 2.75) is 30.5 Å². The molecule has 5 atom stereocenters. The highest BCUT2D eigenvalue weighted by molar-refractivity contribution is 6.01. The first-order valence-corrected chi connectivity index (χ1v) is 14.0. The molecule has 11 nitrogen and oxygen atoms in total. The van der Waals surface area contributed by atoms with Crippen LogP contribution in [0.3, 0.4) is 0 Å². The molecule has 2 fully saturated rings. The highest BCUT2D eigenvalue weighted by atomic mass is 16.5. The van der Waals surface area contributed by atoms with E-state index in [-0.39, 0.29) is 12.1 Å². The fourth-order valence-electron chi connectivity index (χ4n) is 5.55. The lowest BCUT2D eigenvalue weighted by Crippen LogP contribution is -2.60. The van der Waals surface area contributed by atoms with Crippen LogP contribution >= 0.6 is 0 Å². The Hall–Kier alpha value is -3.76. The first-order chi connectivity index (χ1) is 20.2. The Bertz CT molecular complexity index is 1500. The van der Waals surface area contributed by atoms with Gasteiger partial charge >= 0.3 is 0 Å². The molecule has 2 aliphatic heterocycles. The summed E-state index contributed by atoms with van der Waals surface area (Å²) in [5.41, 5.74) is 3.65. The number of nitrogens with one attached hydrogen (secondary N) is 1. The molecule has 0 bridgehead atoms. The number of ether oxygens (including phenoxy) is 1. The quantitative estimate of drug-likeness (QED) is 0.200. The normalized spacial score (nSPS) is 25.4. The van der Waals surface area contributed by atoms with Crippen molar-refractivity contribution in [3.8, 4) is 17.3 Å². The van der Waals surface area contributed by atoms with E-state index < -0.39 is 43.0 Å². The molecular weight excluding hydrogens is 538 g/mol. The number of rotatable bonds is 7. The topological polar surface area (TPSA) is 154 Å². The van der Waals surface area contributed by atoms with Crippen LogP contribution in [0, 0.1) is 11.3 Å². The van der Waals surface area contributed by atoms with E-state index in [4.69, 9.17) is 4.74 Å². The zero-order chi connectivity index (χ0) is 30.0. The third-order valence-corrected chi connectivity index (χ3v) is 8.26. The maximum atomic E-state index is 12.8. The Kier molecular flexibility index (Phi) is 8.93. The van der Waals surface area contributed by atoms with Gasteiger partial charge in [0, 0.05) is 56.8 Å². The SMILES string of the molecule is CN1CCN(c2ccc3cc(-c4ccc(/C=C(\C#N)C(=O)NC[C@H]5OC(CO)[C@H](O)[C@@H](O)[C@@H]5O)n4C)ccc3c2)CC1. The van der Waals surface area contributed by atoms with Crippen molar-refractivity contribution in [2.75, 3.05) is 51.3 Å². The van der Waals surface area contributed by atoms with Gasteiger partial charge < -0.3 is 44.8 Å². The van der Waals surface area contributed by atoms with E-state index in [0.29, 0.717) is 5.69 Å². The lowest BCUT2D eigenvalue weighted by atomic mass is 9.95. The summed E-state index contributed by atoms with van der Waals surface area (Å²) in [6.45, 7) is 3.32. The molecule has 222 valence electrons. The molecule has 2 aliphatic rings. The van der Waals surface area contributed by atoms with Crippen LogP contribution in [0.25, 0.3) is 28.1 Å². The predicted molar refractivity (Wildman–Crippen MR) is 158 cm³/mol. The summed E-state index contributed by atoms with van der Waals surface area (Å²) < 4.78 is 7.33. The number of hydrogen-bond acceptors (Lipinski definition) is 9. The van der Waals surface area contributed by atoms with Gasteiger partial charge in [-0.1, -0.05) is 18.2 Å². The Labute approximate surface area is 244 Å². The van der Waals surface area contributed by atoms with E-state index in [0.717, 1.165) is 48.2 Å². The van der Waals surface area contributed by atoms with Gasteiger partial charge in [-0.15, -0.1) is 0 Å². The van der Waals surface area contributed by atoms with Crippen LogP contribution in [-0.2, 0) is 16.6 Å². The minimum atomic E-state index is -1.54. The second-order valence-corrected chi connectivity index (χ2v) is 11.0. The molecule has 0 spiro atoms. The number of piperazine rings is 1. The van der Waals surface area contributed by atoms with E-state index in [1.54, 1.807) is 0 Å². The van der Waals surface area contributed by atoms with Gasteiger partial charge in [0.2, 0.25) is 0 Å². The number of nitrogens with zero attached hydrogens (tertiary/aromatic N) is 4. The fraction of sp³-hybridized carbons (Fsp3) is 0.419. The summed E-state index contributed by atoms with van der Waals surface area (Å²) in [5.74, 6) is -0.681. The van der Waals surface area contributed by atoms with Crippen LogP contribution < -0.4 is 10.2 Å². The largest absolute Gasteiger partial charge is 0.394 e. The molecule has 0 aliphatic carbocycles. The number of aromatic nitrogens is 1. The van der Waals surface area contributed by atoms with Crippen LogP contribution in [0.2, 0.25) is 0 Å². The van der Waals surface area contributed by atoms with E-state index in [2.05, 4.69) is 58.6 Å². The molecular formula is C31H37N5O6. The molecule has 3 aromatic rings. The molecule has 1 aromatic heterocycles. The van der Waals surface area contributed by atoms with Gasteiger partial charge in [0.15, 0.2) is 0 Å². The Morgan fingerprint density at radius 1 is 0.976 bits per heavy atom. The lowest BCUT2D eigenvalue weighted by Gasteiger charge is -2.40. The fourth-order valence-corrected chi connectivity index (χ4v) is 5.55. The number of aliphatic hydroxyl groups is 4. The molecule has 2 saturated heterocycles. The second kappa shape index (κ2) is 12.6. The first-order valence-electron chi connectivity index (χ1n) is 14.0. The van der Waals surface area contributed by atoms with E-state index >= 15 is 0 Å².